The van der Waals surface area contributed by atoms with E-state index >= 15 is 0 Å². The van der Waals surface area contributed by atoms with Crippen molar-refractivity contribution in [2.75, 3.05) is 0 Å². The van der Waals surface area contributed by atoms with Crippen molar-refractivity contribution in [2.24, 2.45) is 0 Å². The van der Waals surface area contributed by atoms with Gasteiger partial charge >= 0.3 is 5.97 Å². The van der Waals surface area contributed by atoms with E-state index in [0.29, 0.717) is 0 Å². The van der Waals surface area contributed by atoms with Crippen molar-refractivity contribution in [3.05, 3.63) is 32.8 Å². The number of hydroxylamine groups is 1. The zero-order chi connectivity index (χ0) is 13.0. The van der Waals surface area contributed by atoms with E-state index in [9.17, 15) is 9.59 Å². The Morgan fingerprint density at radius 2 is 1.76 bits per heavy atom. The summed E-state index contributed by atoms with van der Waals surface area (Å²) in [4.78, 5) is 30.1. The topological polar surface area (TPSA) is 64.6 Å². The summed E-state index contributed by atoms with van der Waals surface area (Å²) in [6, 6.07) is 2.84. The van der Waals surface area contributed by atoms with E-state index in [4.69, 9.17) is 34.8 Å². The molecule has 0 saturated heterocycles. The molecule has 0 aromatic heterocycles. The largest absolute Gasteiger partial charge is 0.342 e. The van der Waals surface area contributed by atoms with Crippen LogP contribution in [-0.2, 0) is 14.7 Å². The van der Waals surface area contributed by atoms with Crippen molar-refractivity contribution in [3.63, 3.8) is 0 Å². The molecular formula is C9H6Cl3NO4. The van der Waals surface area contributed by atoms with Crippen molar-refractivity contribution >= 4 is 46.7 Å². The van der Waals surface area contributed by atoms with Crippen molar-refractivity contribution in [1.29, 1.82) is 0 Å². The summed E-state index contributed by atoms with van der Waals surface area (Å²) in [6.45, 7) is 1.10. The number of hydrogen-bond acceptors (Lipinski definition) is 4. The van der Waals surface area contributed by atoms with Crippen molar-refractivity contribution in [3.8, 4) is 0 Å². The first kappa shape index (κ1) is 14.1. The van der Waals surface area contributed by atoms with Crippen LogP contribution in [0.2, 0.25) is 15.1 Å². The molecule has 1 amide bonds. The van der Waals surface area contributed by atoms with E-state index in [1.165, 1.54) is 12.1 Å². The molecule has 17 heavy (non-hydrogen) atoms. The fourth-order valence-electron chi connectivity index (χ4n) is 0.904. The van der Waals surface area contributed by atoms with Crippen LogP contribution in [0, 0.1) is 0 Å². The minimum atomic E-state index is -0.788. The Kier molecular flexibility index (Phi) is 5.02. The zero-order valence-corrected chi connectivity index (χ0v) is 10.7. The van der Waals surface area contributed by atoms with Crippen LogP contribution >= 0.6 is 34.8 Å². The van der Waals surface area contributed by atoms with Gasteiger partial charge in [-0.1, -0.05) is 39.8 Å². The summed E-state index contributed by atoms with van der Waals surface area (Å²) >= 11 is 17.3. The van der Waals surface area contributed by atoms with Crippen LogP contribution in [0.15, 0.2) is 12.1 Å². The van der Waals surface area contributed by atoms with E-state index in [2.05, 4.69) is 9.88 Å². The molecule has 1 aromatic rings. The standard InChI is InChI=1S/C9H6Cl3NO4/c1-4(14)16-17-13-9(15)7-5(10)2-3-6(11)8(7)12/h2-3H,1H3,(H,13,15). The predicted molar refractivity (Wildman–Crippen MR) is 61.8 cm³/mol. The number of carbonyl (C=O) groups is 2. The summed E-state index contributed by atoms with van der Waals surface area (Å²) in [5.41, 5.74) is 1.75. The van der Waals surface area contributed by atoms with Gasteiger partial charge in [0.05, 0.1) is 20.6 Å². The summed E-state index contributed by atoms with van der Waals surface area (Å²) in [7, 11) is 0. The van der Waals surface area contributed by atoms with Gasteiger partial charge in [0.1, 0.15) is 0 Å². The number of carbonyl (C=O) groups excluding carboxylic acids is 2. The normalized spacial score (nSPS) is 9.88. The van der Waals surface area contributed by atoms with Crippen LogP contribution in [0.25, 0.3) is 0 Å². The summed E-state index contributed by atoms with van der Waals surface area (Å²) in [5.74, 6) is -1.52. The molecule has 92 valence electrons. The van der Waals surface area contributed by atoms with Crippen LogP contribution in [0.4, 0.5) is 0 Å². The third-order valence-electron chi connectivity index (χ3n) is 1.56. The molecular weight excluding hydrogens is 292 g/mol. The average Bonchev–Trinajstić information content (AvgIpc) is 2.23. The Morgan fingerprint density at radius 1 is 1.18 bits per heavy atom. The third kappa shape index (κ3) is 3.74. The summed E-state index contributed by atoms with van der Waals surface area (Å²) in [6.07, 6.45) is 0. The maximum atomic E-state index is 11.6. The molecule has 1 N–H and O–H groups in total. The lowest BCUT2D eigenvalue weighted by atomic mass is 10.2. The molecule has 5 nitrogen and oxygen atoms in total. The second kappa shape index (κ2) is 6.07. The maximum Gasteiger partial charge on any atom is 0.342 e. The van der Waals surface area contributed by atoms with E-state index in [-0.39, 0.29) is 20.6 Å². The third-order valence-corrected chi connectivity index (χ3v) is 2.68. The van der Waals surface area contributed by atoms with Crippen LogP contribution < -0.4 is 5.48 Å². The first-order valence-corrected chi connectivity index (χ1v) is 5.34. The van der Waals surface area contributed by atoms with Gasteiger partial charge in [-0.2, -0.15) is 5.48 Å². The quantitative estimate of drug-likeness (QED) is 0.529. The van der Waals surface area contributed by atoms with Gasteiger partial charge in [-0.15, -0.1) is 0 Å². The van der Waals surface area contributed by atoms with Crippen LogP contribution in [0.3, 0.4) is 0 Å². The highest BCUT2D eigenvalue weighted by atomic mass is 35.5. The molecule has 8 heteroatoms. The molecule has 0 saturated carbocycles. The molecule has 0 unspecified atom stereocenters. The Morgan fingerprint density at radius 3 is 2.35 bits per heavy atom. The molecule has 0 radical (unpaired) electrons. The number of halogens is 3. The lowest BCUT2D eigenvalue weighted by Crippen LogP contribution is -2.25. The predicted octanol–water partition coefficient (Wildman–Crippen LogP) is 2.79. The van der Waals surface area contributed by atoms with Crippen molar-refractivity contribution in [2.45, 2.75) is 6.92 Å². The number of hydrogen-bond donors (Lipinski definition) is 1. The fraction of sp³-hybridized carbons (Fsp3) is 0.111. The maximum absolute atomic E-state index is 11.6. The Balaban J connectivity index is 2.82. The van der Waals surface area contributed by atoms with Gasteiger partial charge in [0.2, 0.25) is 0 Å². The SMILES string of the molecule is CC(=O)OONC(=O)c1c(Cl)ccc(Cl)c1Cl. The molecule has 0 aliphatic rings. The van der Waals surface area contributed by atoms with Gasteiger partial charge in [-0.05, 0) is 12.1 Å². The second-order valence-electron chi connectivity index (χ2n) is 2.81. The summed E-state index contributed by atoms with van der Waals surface area (Å²) < 4.78 is 0. The molecule has 0 atom stereocenters. The Bertz CT molecular complexity index is 464. The fourth-order valence-corrected chi connectivity index (χ4v) is 1.60. The first-order chi connectivity index (χ1) is 7.93. The van der Waals surface area contributed by atoms with E-state index in [0.717, 1.165) is 6.92 Å². The van der Waals surface area contributed by atoms with E-state index < -0.39 is 11.9 Å². The van der Waals surface area contributed by atoms with Crippen molar-refractivity contribution in [1.82, 2.24) is 5.48 Å². The number of nitrogens with one attached hydrogen (secondary N) is 1. The van der Waals surface area contributed by atoms with E-state index in [1.807, 2.05) is 5.48 Å². The van der Waals surface area contributed by atoms with Gasteiger partial charge in [-0.25, -0.2) is 4.79 Å². The molecule has 0 spiro atoms. The van der Waals surface area contributed by atoms with Crippen LogP contribution in [-0.4, -0.2) is 11.9 Å². The van der Waals surface area contributed by atoms with E-state index in [1.54, 1.807) is 0 Å². The highest BCUT2D eigenvalue weighted by Gasteiger charge is 2.17. The molecule has 0 heterocycles. The van der Waals surface area contributed by atoms with Gasteiger partial charge < -0.3 is 0 Å². The minimum absolute atomic E-state index is 0.0249. The lowest BCUT2D eigenvalue weighted by molar-refractivity contribution is -0.295. The lowest BCUT2D eigenvalue weighted by Gasteiger charge is -2.07. The van der Waals surface area contributed by atoms with Crippen LogP contribution in [0.1, 0.15) is 17.3 Å². The van der Waals surface area contributed by atoms with Crippen molar-refractivity contribution < 1.29 is 19.5 Å². The smallest absolute Gasteiger partial charge is 0.275 e. The number of benzene rings is 1. The minimum Gasteiger partial charge on any atom is -0.275 e. The Labute approximate surface area is 111 Å². The first-order valence-electron chi connectivity index (χ1n) is 4.21. The molecule has 1 rings (SSSR count). The average molecular weight is 299 g/mol. The number of amides is 1. The van der Waals surface area contributed by atoms with Gasteiger partial charge in [0.25, 0.3) is 5.91 Å². The monoisotopic (exact) mass is 297 g/mol. The molecule has 0 aliphatic heterocycles. The second-order valence-corrected chi connectivity index (χ2v) is 4.00. The molecule has 0 fully saturated rings. The Hall–Kier alpha value is -1.01. The highest BCUT2D eigenvalue weighted by Crippen LogP contribution is 2.31. The number of rotatable bonds is 3. The highest BCUT2D eigenvalue weighted by molar-refractivity contribution is 6.46. The summed E-state index contributed by atoms with van der Waals surface area (Å²) in [5, 5.41) is 0.222. The zero-order valence-electron chi connectivity index (χ0n) is 8.42. The van der Waals surface area contributed by atoms with Gasteiger partial charge in [0, 0.05) is 6.92 Å². The molecule has 1 aromatic carbocycles. The van der Waals surface area contributed by atoms with Gasteiger partial charge in [-0.3, -0.25) is 9.68 Å². The molecule has 0 bridgehead atoms. The molecule has 0 aliphatic carbocycles. The van der Waals surface area contributed by atoms with Crippen LogP contribution in [0.5, 0.6) is 0 Å². The van der Waals surface area contributed by atoms with Gasteiger partial charge in [0.15, 0.2) is 0 Å².